The third-order valence-corrected chi connectivity index (χ3v) is 3.57. The molecule has 0 unspecified atom stereocenters. The monoisotopic (exact) mass is 343 g/mol. The zero-order chi connectivity index (χ0) is 14.7. The van der Waals surface area contributed by atoms with E-state index in [0.29, 0.717) is 15.9 Å². The van der Waals surface area contributed by atoms with E-state index < -0.39 is 17.5 Å². The van der Waals surface area contributed by atoms with Gasteiger partial charge in [-0.1, -0.05) is 21.1 Å². The van der Waals surface area contributed by atoms with E-state index in [1.54, 1.807) is 13.0 Å². The maximum absolute atomic E-state index is 13.7. The average Bonchev–Trinajstić information content (AvgIpc) is 2.80. The molecule has 0 fully saturated rings. The lowest BCUT2D eigenvalue weighted by Gasteiger charge is -2.09. The fraction of sp³-hybridized carbons (Fsp3) is 0.250. The van der Waals surface area contributed by atoms with Crippen LogP contribution in [0.2, 0.25) is 0 Å². The lowest BCUT2D eigenvalue weighted by atomic mass is 10.1. The van der Waals surface area contributed by atoms with Crippen molar-refractivity contribution in [3.63, 3.8) is 0 Å². The molecule has 6 nitrogen and oxygen atoms in total. The molecule has 106 valence electrons. The molecule has 0 atom stereocenters. The summed E-state index contributed by atoms with van der Waals surface area (Å²) in [5.41, 5.74) is 0.519. The Hall–Kier alpha value is -1.96. The topological polar surface area (TPSA) is 88.0 Å². The van der Waals surface area contributed by atoms with E-state index in [2.05, 4.69) is 35.9 Å². The minimum Gasteiger partial charge on any atom is -0.351 e. The van der Waals surface area contributed by atoms with Gasteiger partial charge in [-0.15, -0.1) is 0 Å². The van der Waals surface area contributed by atoms with E-state index in [0.717, 1.165) is 0 Å². The van der Waals surface area contributed by atoms with Crippen LogP contribution < -0.4 is 11.1 Å². The zero-order valence-corrected chi connectivity index (χ0v) is 12.1. The number of aromatic nitrogens is 2. The van der Waals surface area contributed by atoms with Gasteiger partial charge in [0.05, 0.1) is 5.56 Å². The number of amides is 1. The number of halogens is 2. The maximum atomic E-state index is 13.7. The fourth-order valence-electron chi connectivity index (χ4n) is 1.68. The van der Waals surface area contributed by atoms with Gasteiger partial charge in [0.25, 0.3) is 5.91 Å². The molecule has 0 bridgehead atoms. The molecule has 8 heteroatoms. The molecule has 0 saturated heterocycles. The third kappa shape index (κ3) is 3.13. The van der Waals surface area contributed by atoms with Gasteiger partial charge in [0.15, 0.2) is 5.82 Å². The summed E-state index contributed by atoms with van der Waals surface area (Å²) in [6, 6.07) is 2.77. The van der Waals surface area contributed by atoms with Gasteiger partial charge in [-0.05, 0) is 24.6 Å². The second-order valence-electron chi connectivity index (χ2n) is 4.08. The Bertz CT molecular complexity index is 695. The first kappa shape index (κ1) is 14.4. The summed E-state index contributed by atoms with van der Waals surface area (Å²) in [6.45, 7) is 1.85. The smallest absolute Gasteiger partial charge is 0.351 e. The molecular weight excluding hydrogens is 333 g/mol. The standard InChI is InChI=1S/C12H11BrFN3O3/c1-6-7(13)2-3-8(14)10(6)11(18)15-5-4-9-16-12(19)20-17-9/h2-3H,4-5H2,1H3,(H,15,18)(H,16,17,19). The van der Waals surface area contributed by atoms with Crippen molar-refractivity contribution in [3.8, 4) is 0 Å². The Balaban J connectivity index is 2.02. The van der Waals surface area contributed by atoms with Crippen LogP contribution >= 0.6 is 15.9 Å². The molecule has 1 amide bonds. The Morgan fingerprint density at radius 1 is 1.55 bits per heavy atom. The molecule has 1 heterocycles. The van der Waals surface area contributed by atoms with Crippen molar-refractivity contribution in [2.24, 2.45) is 0 Å². The van der Waals surface area contributed by atoms with Crippen LogP contribution in [0.4, 0.5) is 4.39 Å². The molecule has 1 aromatic heterocycles. The normalized spacial score (nSPS) is 10.6. The first-order chi connectivity index (χ1) is 9.49. The van der Waals surface area contributed by atoms with Gasteiger partial charge >= 0.3 is 5.76 Å². The van der Waals surface area contributed by atoms with Crippen molar-refractivity contribution in [1.82, 2.24) is 15.5 Å². The number of nitrogens with one attached hydrogen (secondary N) is 2. The van der Waals surface area contributed by atoms with E-state index in [-0.39, 0.29) is 18.5 Å². The quantitative estimate of drug-likeness (QED) is 0.881. The van der Waals surface area contributed by atoms with Crippen LogP contribution in [0.15, 0.2) is 25.9 Å². The second kappa shape index (κ2) is 6.00. The largest absolute Gasteiger partial charge is 0.438 e. The van der Waals surface area contributed by atoms with Crippen molar-refractivity contribution >= 4 is 21.8 Å². The van der Waals surface area contributed by atoms with Crippen LogP contribution in [0.25, 0.3) is 0 Å². The summed E-state index contributed by atoms with van der Waals surface area (Å²) < 4.78 is 18.7. The molecule has 0 saturated carbocycles. The Labute approximate surface area is 121 Å². The van der Waals surface area contributed by atoms with E-state index in [4.69, 9.17) is 0 Å². The minimum atomic E-state index is -0.653. The van der Waals surface area contributed by atoms with Gasteiger partial charge < -0.3 is 5.32 Å². The van der Waals surface area contributed by atoms with E-state index >= 15 is 0 Å². The number of hydrogen-bond acceptors (Lipinski definition) is 4. The summed E-state index contributed by atoms with van der Waals surface area (Å²) in [5, 5.41) is 6.02. The van der Waals surface area contributed by atoms with E-state index in [1.807, 2.05) is 0 Å². The first-order valence-corrected chi connectivity index (χ1v) is 6.56. The highest BCUT2D eigenvalue weighted by Gasteiger charge is 2.16. The number of rotatable bonds is 4. The van der Waals surface area contributed by atoms with Gasteiger partial charge in [-0.2, -0.15) is 0 Å². The van der Waals surface area contributed by atoms with Gasteiger partial charge in [0.2, 0.25) is 0 Å². The zero-order valence-electron chi connectivity index (χ0n) is 10.5. The van der Waals surface area contributed by atoms with Crippen LogP contribution in [0.3, 0.4) is 0 Å². The number of carbonyl (C=O) groups excluding carboxylic acids is 1. The molecule has 0 aliphatic rings. The molecule has 0 spiro atoms. The summed E-state index contributed by atoms with van der Waals surface area (Å²) in [4.78, 5) is 25.0. The van der Waals surface area contributed by atoms with E-state index in [9.17, 15) is 14.0 Å². The summed E-state index contributed by atoms with van der Waals surface area (Å²) in [5.74, 6) is -1.44. The third-order valence-electron chi connectivity index (χ3n) is 2.71. The Kier molecular flexibility index (Phi) is 4.33. The molecule has 0 aliphatic carbocycles. The first-order valence-electron chi connectivity index (χ1n) is 5.76. The van der Waals surface area contributed by atoms with Gasteiger partial charge in [-0.25, -0.2) is 9.18 Å². The SMILES string of the molecule is Cc1c(Br)ccc(F)c1C(=O)NCCc1noc(=O)[nH]1. The van der Waals surface area contributed by atoms with Crippen molar-refractivity contribution in [3.05, 3.63) is 49.9 Å². The van der Waals surface area contributed by atoms with Crippen LogP contribution in [0, 0.1) is 12.7 Å². The average molecular weight is 344 g/mol. The lowest BCUT2D eigenvalue weighted by Crippen LogP contribution is -2.27. The molecule has 2 rings (SSSR count). The van der Waals surface area contributed by atoms with Crippen molar-refractivity contribution in [2.75, 3.05) is 6.54 Å². The van der Waals surface area contributed by atoms with Crippen molar-refractivity contribution in [1.29, 1.82) is 0 Å². The molecular formula is C12H11BrFN3O3. The number of benzene rings is 1. The van der Waals surface area contributed by atoms with Crippen LogP contribution in [0.1, 0.15) is 21.7 Å². The highest BCUT2D eigenvalue weighted by molar-refractivity contribution is 9.10. The Morgan fingerprint density at radius 2 is 2.30 bits per heavy atom. The van der Waals surface area contributed by atoms with Gasteiger partial charge in [0, 0.05) is 17.4 Å². The maximum Gasteiger partial charge on any atom is 0.438 e. The van der Waals surface area contributed by atoms with Crippen LogP contribution in [0.5, 0.6) is 0 Å². The number of H-pyrrole nitrogens is 1. The summed E-state index contributed by atoms with van der Waals surface area (Å²) in [6.07, 6.45) is 0.284. The number of hydrogen-bond donors (Lipinski definition) is 2. The van der Waals surface area contributed by atoms with Crippen LogP contribution in [-0.2, 0) is 6.42 Å². The fourth-order valence-corrected chi connectivity index (χ4v) is 2.01. The van der Waals surface area contributed by atoms with Crippen molar-refractivity contribution in [2.45, 2.75) is 13.3 Å². The molecule has 1 aromatic carbocycles. The molecule has 2 N–H and O–H groups in total. The van der Waals surface area contributed by atoms with Gasteiger partial charge in [-0.3, -0.25) is 14.3 Å². The lowest BCUT2D eigenvalue weighted by molar-refractivity contribution is 0.0949. The highest BCUT2D eigenvalue weighted by atomic mass is 79.9. The number of aromatic amines is 1. The molecule has 0 radical (unpaired) electrons. The van der Waals surface area contributed by atoms with Crippen LogP contribution in [-0.4, -0.2) is 22.6 Å². The second-order valence-corrected chi connectivity index (χ2v) is 4.93. The van der Waals surface area contributed by atoms with E-state index in [1.165, 1.54) is 6.07 Å². The van der Waals surface area contributed by atoms with Crippen molar-refractivity contribution < 1.29 is 13.7 Å². The predicted octanol–water partition coefficient (Wildman–Crippen LogP) is 1.55. The summed E-state index contributed by atoms with van der Waals surface area (Å²) >= 11 is 3.25. The Morgan fingerprint density at radius 3 is 2.95 bits per heavy atom. The predicted molar refractivity (Wildman–Crippen MR) is 72.0 cm³/mol. The summed E-state index contributed by atoms with van der Waals surface area (Å²) in [7, 11) is 0. The minimum absolute atomic E-state index is 0.00646. The highest BCUT2D eigenvalue weighted by Crippen LogP contribution is 2.22. The number of nitrogens with zero attached hydrogens (tertiary/aromatic N) is 1. The van der Waals surface area contributed by atoms with Gasteiger partial charge in [0.1, 0.15) is 5.82 Å². The molecule has 0 aliphatic heterocycles. The molecule has 20 heavy (non-hydrogen) atoms. The number of carbonyl (C=O) groups is 1. The molecule has 2 aromatic rings.